The summed E-state index contributed by atoms with van der Waals surface area (Å²) < 4.78 is 19.0. The van der Waals surface area contributed by atoms with Crippen molar-refractivity contribution in [3.05, 3.63) is 65.5 Å². The highest BCUT2D eigenvalue weighted by Gasteiger charge is 2.16. The first-order chi connectivity index (χ1) is 13.2. The number of aliphatic hydroxyl groups excluding tert-OH is 1. The number of piperidine rings is 1. The van der Waals surface area contributed by atoms with E-state index in [1.165, 1.54) is 12.1 Å². The van der Waals surface area contributed by atoms with Crippen LogP contribution in [0.3, 0.4) is 0 Å². The highest BCUT2D eigenvalue weighted by Crippen LogP contribution is 2.21. The summed E-state index contributed by atoms with van der Waals surface area (Å²) in [5.41, 5.74) is 1.97. The van der Waals surface area contributed by atoms with Crippen molar-refractivity contribution >= 4 is 12.2 Å². The molecule has 1 heterocycles. The van der Waals surface area contributed by atoms with E-state index in [1.54, 1.807) is 12.1 Å². The average molecular weight is 369 g/mol. The van der Waals surface area contributed by atoms with E-state index in [-0.39, 0.29) is 11.9 Å². The van der Waals surface area contributed by atoms with Gasteiger partial charge in [0, 0.05) is 12.1 Å². The van der Waals surface area contributed by atoms with E-state index in [9.17, 15) is 9.50 Å². The zero-order valence-electron chi connectivity index (χ0n) is 15.7. The van der Waals surface area contributed by atoms with Crippen LogP contribution in [-0.4, -0.2) is 42.4 Å². The Labute approximate surface area is 161 Å². The Morgan fingerprint density at radius 3 is 2.70 bits per heavy atom. The topological polar surface area (TPSA) is 32.7 Å². The van der Waals surface area contributed by atoms with Crippen LogP contribution in [0, 0.1) is 5.82 Å². The van der Waals surface area contributed by atoms with E-state index in [0.717, 1.165) is 62.2 Å². The Hall–Kier alpha value is -2.17. The van der Waals surface area contributed by atoms with Gasteiger partial charge in [0.25, 0.3) is 0 Å². The molecule has 0 amide bonds. The van der Waals surface area contributed by atoms with Gasteiger partial charge >= 0.3 is 0 Å². The number of hydrogen-bond donors (Lipinski definition) is 1. The van der Waals surface area contributed by atoms with Crippen LogP contribution in [0.1, 0.15) is 36.8 Å². The lowest BCUT2D eigenvalue weighted by Crippen LogP contribution is -2.38. The molecule has 0 spiro atoms. The standard InChI is InChI=1S/C23H28FNO2/c24-21-13-10-19(11-14-21)9-12-20-6-1-2-8-23(20)27-17-4-3-15-25-16-5-7-22(26)18-25/h1-2,6,8-14,22,26H,3-5,7,15-18H2/b12-9+. The van der Waals surface area contributed by atoms with Gasteiger partial charge < -0.3 is 14.7 Å². The first-order valence-corrected chi connectivity index (χ1v) is 9.76. The van der Waals surface area contributed by atoms with E-state index < -0.39 is 0 Å². The predicted octanol–water partition coefficient (Wildman–Crippen LogP) is 4.61. The Morgan fingerprint density at radius 2 is 1.89 bits per heavy atom. The van der Waals surface area contributed by atoms with Crippen LogP contribution < -0.4 is 4.74 Å². The second-order valence-electron chi connectivity index (χ2n) is 7.07. The number of nitrogens with zero attached hydrogens (tertiary/aromatic N) is 1. The summed E-state index contributed by atoms with van der Waals surface area (Å²) in [6, 6.07) is 14.4. The molecule has 4 heteroatoms. The van der Waals surface area contributed by atoms with Crippen molar-refractivity contribution in [2.75, 3.05) is 26.2 Å². The number of hydrogen-bond acceptors (Lipinski definition) is 3. The summed E-state index contributed by atoms with van der Waals surface area (Å²) >= 11 is 0. The van der Waals surface area contributed by atoms with Crippen LogP contribution in [0.15, 0.2) is 48.5 Å². The molecule has 2 aromatic carbocycles. The minimum Gasteiger partial charge on any atom is -0.493 e. The molecule has 1 N–H and O–H groups in total. The van der Waals surface area contributed by atoms with Crippen LogP contribution >= 0.6 is 0 Å². The summed E-state index contributed by atoms with van der Waals surface area (Å²) in [4.78, 5) is 2.34. The Kier molecular flexibility index (Phi) is 7.43. The fraction of sp³-hybridized carbons (Fsp3) is 0.391. The monoisotopic (exact) mass is 369 g/mol. The number of unbranched alkanes of at least 4 members (excludes halogenated alkanes) is 1. The molecule has 0 aliphatic carbocycles. The van der Waals surface area contributed by atoms with Crippen molar-refractivity contribution < 1.29 is 14.2 Å². The van der Waals surface area contributed by atoms with E-state index >= 15 is 0 Å². The van der Waals surface area contributed by atoms with Gasteiger partial charge in [0.1, 0.15) is 11.6 Å². The maximum absolute atomic E-state index is 13.0. The number of ether oxygens (including phenoxy) is 1. The molecule has 3 rings (SSSR count). The van der Waals surface area contributed by atoms with Crippen molar-refractivity contribution in [3.63, 3.8) is 0 Å². The van der Waals surface area contributed by atoms with Gasteiger partial charge in [0.05, 0.1) is 12.7 Å². The first kappa shape index (κ1) is 19.6. The fourth-order valence-electron chi connectivity index (χ4n) is 3.36. The van der Waals surface area contributed by atoms with Crippen molar-refractivity contribution in [3.8, 4) is 5.75 Å². The number of benzene rings is 2. The molecule has 0 saturated carbocycles. The average Bonchev–Trinajstić information content (AvgIpc) is 2.68. The summed E-state index contributed by atoms with van der Waals surface area (Å²) in [6.45, 7) is 3.59. The van der Waals surface area contributed by atoms with E-state index in [0.29, 0.717) is 6.61 Å². The molecule has 2 aromatic rings. The van der Waals surface area contributed by atoms with Crippen molar-refractivity contribution in [2.45, 2.75) is 31.8 Å². The zero-order chi connectivity index (χ0) is 18.9. The molecule has 1 atom stereocenters. The lowest BCUT2D eigenvalue weighted by molar-refractivity contribution is 0.0693. The third kappa shape index (κ3) is 6.49. The zero-order valence-corrected chi connectivity index (χ0v) is 15.7. The molecule has 27 heavy (non-hydrogen) atoms. The first-order valence-electron chi connectivity index (χ1n) is 9.76. The third-order valence-electron chi connectivity index (χ3n) is 4.85. The summed E-state index contributed by atoms with van der Waals surface area (Å²) in [5.74, 6) is 0.638. The van der Waals surface area contributed by atoms with Gasteiger partial charge in [-0.1, -0.05) is 42.5 Å². The Bertz CT molecular complexity index is 729. The van der Waals surface area contributed by atoms with E-state index in [1.807, 2.05) is 36.4 Å². The van der Waals surface area contributed by atoms with Crippen LogP contribution in [0.2, 0.25) is 0 Å². The van der Waals surface area contributed by atoms with Gasteiger partial charge in [-0.25, -0.2) is 4.39 Å². The molecule has 1 unspecified atom stereocenters. The second-order valence-corrected chi connectivity index (χ2v) is 7.07. The van der Waals surface area contributed by atoms with Crippen LogP contribution in [0.5, 0.6) is 5.75 Å². The van der Waals surface area contributed by atoms with E-state index in [4.69, 9.17) is 4.74 Å². The van der Waals surface area contributed by atoms with Gasteiger partial charge in [-0.3, -0.25) is 0 Å². The van der Waals surface area contributed by atoms with Gasteiger partial charge in [-0.05, 0) is 62.5 Å². The number of β-amino-alcohol motifs (C(OH)–C–C–N with tert-alkyl or cyclic N) is 1. The normalized spacial score (nSPS) is 18.1. The second kappa shape index (κ2) is 10.2. The van der Waals surface area contributed by atoms with Crippen LogP contribution in [0.25, 0.3) is 12.2 Å². The lowest BCUT2D eigenvalue weighted by atomic mass is 10.1. The number of likely N-dealkylation sites (tertiary alicyclic amines) is 1. The predicted molar refractivity (Wildman–Crippen MR) is 108 cm³/mol. The van der Waals surface area contributed by atoms with Crippen molar-refractivity contribution in [1.82, 2.24) is 4.90 Å². The minimum atomic E-state index is -0.227. The molecule has 1 saturated heterocycles. The minimum absolute atomic E-state index is 0.158. The summed E-state index contributed by atoms with van der Waals surface area (Å²) in [6.07, 6.45) is 7.88. The molecule has 144 valence electrons. The van der Waals surface area contributed by atoms with E-state index in [2.05, 4.69) is 4.90 Å². The highest BCUT2D eigenvalue weighted by molar-refractivity contribution is 5.72. The molecule has 1 aliphatic rings. The molecule has 0 bridgehead atoms. The molecule has 0 aromatic heterocycles. The molecule has 3 nitrogen and oxygen atoms in total. The Balaban J connectivity index is 1.45. The fourth-order valence-corrected chi connectivity index (χ4v) is 3.36. The summed E-state index contributed by atoms with van der Waals surface area (Å²) in [5, 5.41) is 9.72. The van der Waals surface area contributed by atoms with Crippen molar-refractivity contribution in [1.29, 1.82) is 0 Å². The number of para-hydroxylation sites is 1. The van der Waals surface area contributed by atoms with Gasteiger partial charge in [-0.2, -0.15) is 0 Å². The SMILES string of the molecule is OC1CCCN(CCCCOc2ccccc2/C=C/c2ccc(F)cc2)C1. The largest absolute Gasteiger partial charge is 0.493 e. The third-order valence-corrected chi connectivity index (χ3v) is 4.85. The summed E-state index contributed by atoms with van der Waals surface area (Å²) in [7, 11) is 0. The molecule has 1 fully saturated rings. The quantitative estimate of drug-likeness (QED) is 0.545. The van der Waals surface area contributed by atoms with Gasteiger partial charge in [0.15, 0.2) is 0 Å². The van der Waals surface area contributed by atoms with Gasteiger partial charge in [-0.15, -0.1) is 0 Å². The van der Waals surface area contributed by atoms with Crippen molar-refractivity contribution in [2.24, 2.45) is 0 Å². The number of halogens is 1. The molecule has 0 radical (unpaired) electrons. The molecular weight excluding hydrogens is 341 g/mol. The molecule has 1 aliphatic heterocycles. The van der Waals surface area contributed by atoms with Gasteiger partial charge in [0.2, 0.25) is 0 Å². The smallest absolute Gasteiger partial charge is 0.126 e. The molecular formula is C23H28FNO2. The van der Waals surface area contributed by atoms with Crippen LogP contribution in [0.4, 0.5) is 4.39 Å². The van der Waals surface area contributed by atoms with Crippen LogP contribution in [-0.2, 0) is 0 Å². The highest BCUT2D eigenvalue weighted by atomic mass is 19.1. The lowest BCUT2D eigenvalue weighted by Gasteiger charge is -2.29. The number of aliphatic hydroxyl groups is 1. The Morgan fingerprint density at radius 1 is 1.07 bits per heavy atom. The maximum atomic E-state index is 13.0. The maximum Gasteiger partial charge on any atom is 0.126 e. The number of rotatable bonds is 8.